The lowest BCUT2D eigenvalue weighted by Gasteiger charge is -1.91. The van der Waals surface area contributed by atoms with Crippen LogP contribution in [0.25, 0.3) is 15.5 Å². The van der Waals surface area contributed by atoms with Crippen molar-refractivity contribution in [2.45, 2.75) is 6.92 Å². The van der Waals surface area contributed by atoms with E-state index >= 15 is 0 Å². The summed E-state index contributed by atoms with van der Waals surface area (Å²) in [4.78, 5) is 17.3. The van der Waals surface area contributed by atoms with Gasteiger partial charge in [-0.05, 0) is 18.4 Å². The fraction of sp³-hybridized carbons (Fsp3) is 0.100. The predicted octanol–water partition coefficient (Wildman–Crippen LogP) is 2.64. The molecular weight excluding hydrogens is 242 g/mol. The number of imidazole rings is 1. The number of thiophene rings is 1. The van der Waals surface area contributed by atoms with Gasteiger partial charge in [-0.1, -0.05) is 17.4 Å². The maximum absolute atomic E-state index is 11.1. The topological polar surface area (TPSA) is 47.3 Å². The van der Waals surface area contributed by atoms with Gasteiger partial charge < -0.3 is 0 Å². The fourth-order valence-electron chi connectivity index (χ4n) is 1.56. The van der Waals surface area contributed by atoms with Crippen LogP contribution in [-0.2, 0) is 0 Å². The van der Waals surface area contributed by atoms with Crippen LogP contribution in [0.4, 0.5) is 0 Å². The second-order valence-electron chi connectivity index (χ2n) is 3.26. The van der Waals surface area contributed by atoms with E-state index < -0.39 is 0 Å². The molecule has 80 valence electrons. The molecule has 16 heavy (non-hydrogen) atoms. The lowest BCUT2D eigenvalue weighted by atomic mass is 10.3. The first-order chi connectivity index (χ1) is 7.79. The Balaban J connectivity index is 2.33. The van der Waals surface area contributed by atoms with Crippen molar-refractivity contribution < 1.29 is 4.79 Å². The minimum atomic E-state index is 0.529. The number of aryl methyl sites for hydroxylation is 1. The second-order valence-corrected chi connectivity index (χ2v) is 5.36. The molecule has 0 aliphatic carbocycles. The Bertz CT molecular complexity index is 651. The Morgan fingerprint density at radius 3 is 3.06 bits per heavy atom. The summed E-state index contributed by atoms with van der Waals surface area (Å²) in [7, 11) is 0. The molecule has 4 nitrogen and oxygen atoms in total. The number of carbonyl (C=O) groups is 1. The van der Waals surface area contributed by atoms with Crippen LogP contribution in [-0.4, -0.2) is 20.9 Å². The molecular formula is C10H7N3OS2. The summed E-state index contributed by atoms with van der Waals surface area (Å²) in [5.74, 6) is 0. The molecule has 3 aromatic heterocycles. The smallest absolute Gasteiger partial charge is 0.213 e. The number of rotatable bonds is 2. The standard InChI is InChI=1S/C10H7N3OS2/c1-6-12-13-7(5-14)9(11-10(13)16-6)8-3-2-4-15-8/h2-5H,1H3. The van der Waals surface area contributed by atoms with Crippen molar-refractivity contribution in [2.24, 2.45) is 0 Å². The Kier molecular flexibility index (Phi) is 2.12. The Hall–Kier alpha value is -1.53. The van der Waals surface area contributed by atoms with Gasteiger partial charge in [-0.15, -0.1) is 11.3 Å². The first kappa shape index (κ1) is 9.68. The summed E-state index contributed by atoms with van der Waals surface area (Å²) in [6, 6.07) is 3.90. The Morgan fingerprint density at radius 2 is 2.38 bits per heavy atom. The maximum atomic E-state index is 11.1. The van der Waals surface area contributed by atoms with Crippen LogP contribution < -0.4 is 0 Å². The molecule has 3 heterocycles. The van der Waals surface area contributed by atoms with E-state index in [1.165, 1.54) is 11.3 Å². The molecule has 0 aliphatic heterocycles. The molecule has 0 N–H and O–H groups in total. The number of aldehydes is 1. The molecule has 0 radical (unpaired) electrons. The molecule has 0 aromatic carbocycles. The van der Waals surface area contributed by atoms with E-state index in [1.54, 1.807) is 15.9 Å². The van der Waals surface area contributed by atoms with Gasteiger partial charge in [-0.2, -0.15) is 9.61 Å². The fourth-order valence-corrected chi connectivity index (χ4v) is 3.03. The molecule has 0 amide bonds. The predicted molar refractivity (Wildman–Crippen MR) is 64.3 cm³/mol. The second kappa shape index (κ2) is 3.50. The third kappa shape index (κ3) is 1.30. The normalized spacial score (nSPS) is 11.1. The lowest BCUT2D eigenvalue weighted by Crippen LogP contribution is -1.92. The highest BCUT2D eigenvalue weighted by molar-refractivity contribution is 7.16. The van der Waals surface area contributed by atoms with Crippen molar-refractivity contribution in [1.29, 1.82) is 0 Å². The number of hydrogen-bond acceptors (Lipinski definition) is 5. The summed E-state index contributed by atoms with van der Waals surface area (Å²) in [6.45, 7) is 1.90. The number of fused-ring (bicyclic) bond motifs is 1. The summed E-state index contributed by atoms with van der Waals surface area (Å²) >= 11 is 3.06. The van der Waals surface area contributed by atoms with Gasteiger partial charge in [0.1, 0.15) is 16.4 Å². The van der Waals surface area contributed by atoms with Crippen molar-refractivity contribution >= 4 is 33.9 Å². The average molecular weight is 249 g/mol. The monoisotopic (exact) mass is 249 g/mol. The SMILES string of the molecule is Cc1nn2c(C=O)c(-c3cccs3)nc2s1. The Labute approximate surface area is 99.2 Å². The zero-order valence-corrected chi connectivity index (χ0v) is 10.0. The Morgan fingerprint density at radius 1 is 1.50 bits per heavy atom. The van der Waals surface area contributed by atoms with E-state index in [1.807, 2.05) is 24.4 Å². The van der Waals surface area contributed by atoms with E-state index in [0.29, 0.717) is 5.69 Å². The molecule has 0 fully saturated rings. The maximum Gasteiger partial charge on any atom is 0.213 e. The highest BCUT2D eigenvalue weighted by Crippen LogP contribution is 2.28. The molecule has 3 aromatic rings. The number of nitrogens with zero attached hydrogens (tertiary/aromatic N) is 3. The van der Waals surface area contributed by atoms with Gasteiger partial charge in [0.15, 0.2) is 6.29 Å². The molecule has 6 heteroatoms. The minimum Gasteiger partial charge on any atom is -0.296 e. The van der Waals surface area contributed by atoms with E-state index in [-0.39, 0.29) is 0 Å². The zero-order valence-electron chi connectivity index (χ0n) is 8.38. The van der Waals surface area contributed by atoms with Crippen molar-refractivity contribution in [3.63, 3.8) is 0 Å². The van der Waals surface area contributed by atoms with Crippen LogP contribution in [0.2, 0.25) is 0 Å². The highest BCUT2D eigenvalue weighted by Gasteiger charge is 2.16. The van der Waals surface area contributed by atoms with Crippen molar-refractivity contribution in [2.75, 3.05) is 0 Å². The quantitative estimate of drug-likeness (QED) is 0.656. The highest BCUT2D eigenvalue weighted by atomic mass is 32.1. The van der Waals surface area contributed by atoms with Crippen LogP contribution in [0.1, 0.15) is 15.5 Å². The van der Waals surface area contributed by atoms with Crippen LogP contribution >= 0.6 is 22.7 Å². The van der Waals surface area contributed by atoms with Gasteiger partial charge in [0.25, 0.3) is 0 Å². The van der Waals surface area contributed by atoms with Gasteiger partial charge in [-0.25, -0.2) is 4.98 Å². The first-order valence-corrected chi connectivity index (χ1v) is 6.34. The number of carbonyl (C=O) groups excluding carboxylic acids is 1. The largest absolute Gasteiger partial charge is 0.296 e. The number of aromatic nitrogens is 3. The summed E-state index contributed by atoms with van der Waals surface area (Å²) in [5.41, 5.74) is 1.26. The van der Waals surface area contributed by atoms with Crippen molar-refractivity contribution in [1.82, 2.24) is 14.6 Å². The first-order valence-electron chi connectivity index (χ1n) is 4.65. The molecule has 0 atom stereocenters. The summed E-state index contributed by atoms with van der Waals surface area (Å²) in [5, 5.41) is 7.13. The van der Waals surface area contributed by atoms with E-state index in [9.17, 15) is 4.79 Å². The zero-order chi connectivity index (χ0) is 11.1. The average Bonchev–Trinajstić information content (AvgIpc) is 2.90. The minimum absolute atomic E-state index is 0.529. The van der Waals surface area contributed by atoms with Crippen LogP contribution in [0, 0.1) is 6.92 Å². The van der Waals surface area contributed by atoms with Crippen LogP contribution in [0.15, 0.2) is 17.5 Å². The van der Waals surface area contributed by atoms with Crippen LogP contribution in [0.3, 0.4) is 0 Å². The third-order valence-corrected chi connectivity index (χ3v) is 3.91. The molecule has 0 saturated carbocycles. The summed E-state index contributed by atoms with van der Waals surface area (Å²) in [6.07, 6.45) is 0.814. The van der Waals surface area contributed by atoms with Gasteiger partial charge in [0.05, 0.1) is 4.88 Å². The van der Waals surface area contributed by atoms with Crippen molar-refractivity contribution in [3.8, 4) is 10.6 Å². The summed E-state index contributed by atoms with van der Waals surface area (Å²) < 4.78 is 1.61. The molecule has 0 bridgehead atoms. The van der Waals surface area contributed by atoms with Crippen molar-refractivity contribution in [3.05, 3.63) is 28.2 Å². The molecule has 0 aliphatic rings. The van der Waals surface area contributed by atoms with Gasteiger partial charge >= 0.3 is 0 Å². The van der Waals surface area contributed by atoms with Crippen LogP contribution in [0.5, 0.6) is 0 Å². The number of hydrogen-bond donors (Lipinski definition) is 0. The third-order valence-electron chi connectivity index (χ3n) is 2.21. The molecule has 0 saturated heterocycles. The van der Waals surface area contributed by atoms with E-state index in [2.05, 4.69) is 10.1 Å². The molecule has 3 rings (SSSR count). The van der Waals surface area contributed by atoms with Gasteiger partial charge in [0, 0.05) is 0 Å². The van der Waals surface area contributed by atoms with Gasteiger partial charge in [0.2, 0.25) is 4.96 Å². The molecule has 0 spiro atoms. The molecule has 0 unspecified atom stereocenters. The lowest BCUT2D eigenvalue weighted by molar-refractivity contribution is 0.111. The van der Waals surface area contributed by atoms with E-state index in [4.69, 9.17) is 0 Å². The van der Waals surface area contributed by atoms with E-state index in [0.717, 1.165) is 26.8 Å². The van der Waals surface area contributed by atoms with Gasteiger partial charge in [-0.3, -0.25) is 4.79 Å².